The molecule has 0 aliphatic heterocycles. The monoisotopic (exact) mass is 294 g/mol. The normalized spacial score (nSPS) is 20.9. The Bertz CT molecular complexity index is 512. The van der Waals surface area contributed by atoms with Crippen LogP contribution in [0.25, 0.3) is 0 Å². The second-order valence-electron chi connectivity index (χ2n) is 5.26. The summed E-state index contributed by atoms with van der Waals surface area (Å²) in [4.78, 5) is 24.6. The maximum atomic E-state index is 12.8. The number of carbonyl (C=O) groups is 2. The summed E-state index contributed by atoms with van der Waals surface area (Å²) in [6.07, 6.45) is 1.49. The number of nitrogens with one attached hydrogen (secondary N) is 1. The standard InChI is InChI=1S/C15H19FN2O3/c1-2-18(9-14(19)20)13-7-12(8-13)17-15(21)10-3-5-11(16)6-4-10/h3-6,12-13H,2,7-9H2,1H3,(H,17,21)(H,19,20). The van der Waals surface area contributed by atoms with E-state index in [9.17, 15) is 14.0 Å². The fourth-order valence-electron chi connectivity index (χ4n) is 2.55. The molecule has 1 aliphatic rings. The van der Waals surface area contributed by atoms with Crippen molar-refractivity contribution < 1.29 is 19.1 Å². The third-order valence-electron chi connectivity index (χ3n) is 3.82. The summed E-state index contributed by atoms with van der Waals surface area (Å²) in [5, 5.41) is 11.7. The first-order chi connectivity index (χ1) is 9.99. The number of hydrogen-bond donors (Lipinski definition) is 2. The van der Waals surface area contributed by atoms with Crippen molar-refractivity contribution in [2.75, 3.05) is 13.1 Å². The van der Waals surface area contributed by atoms with Crippen molar-refractivity contribution in [3.05, 3.63) is 35.6 Å². The minimum absolute atomic E-state index is 0.0276. The highest BCUT2D eigenvalue weighted by atomic mass is 19.1. The SMILES string of the molecule is CCN(CC(=O)O)C1CC(NC(=O)c2ccc(F)cc2)C1. The van der Waals surface area contributed by atoms with E-state index < -0.39 is 5.97 Å². The van der Waals surface area contributed by atoms with E-state index in [4.69, 9.17) is 5.11 Å². The first-order valence-electron chi connectivity index (χ1n) is 7.02. The van der Waals surface area contributed by atoms with Crippen LogP contribution >= 0.6 is 0 Å². The van der Waals surface area contributed by atoms with Gasteiger partial charge in [-0.05, 0) is 43.7 Å². The first-order valence-corrected chi connectivity index (χ1v) is 7.02. The van der Waals surface area contributed by atoms with Crippen molar-refractivity contribution in [1.29, 1.82) is 0 Å². The summed E-state index contributed by atoms with van der Waals surface area (Å²) in [7, 11) is 0. The zero-order valence-electron chi connectivity index (χ0n) is 11.9. The highest BCUT2D eigenvalue weighted by molar-refractivity contribution is 5.94. The van der Waals surface area contributed by atoms with Gasteiger partial charge in [0.15, 0.2) is 0 Å². The molecule has 6 heteroatoms. The fourth-order valence-corrected chi connectivity index (χ4v) is 2.55. The van der Waals surface area contributed by atoms with Crippen LogP contribution in [0.4, 0.5) is 4.39 Å². The second-order valence-corrected chi connectivity index (χ2v) is 5.26. The van der Waals surface area contributed by atoms with E-state index >= 15 is 0 Å². The van der Waals surface area contributed by atoms with Crippen molar-refractivity contribution in [3.8, 4) is 0 Å². The molecule has 0 atom stereocenters. The van der Waals surface area contributed by atoms with Gasteiger partial charge in [0.25, 0.3) is 5.91 Å². The molecule has 2 N–H and O–H groups in total. The number of benzene rings is 1. The molecule has 0 saturated heterocycles. The topological polar surface area (TPSA) is 69.6 Å². The highest BCUT2D eigenvalue weighted by Gasteiger charge is 2.34. The lowest BCUT2D eigenvalue weighted by molar-refractivity contribution is -0.139. The van der Waals surface area contributed by atoms with Crippen molar-refractivity contribution in [2.45, 2.75) is 31.8 Å². The molecule has 0 heterocycles. The molecule has 1 aliphatic carbocycles. The van der Waals surface area contributed by atoms with Crippen LogP contribution in [0, 0.1) is 5.82 Å². The predicted octanol–water partition coefficient (Wildman–Crippen LogP) is 1.49. The van der Waals surface area contributed by atoms with Crippen LogP contribution in [0.15, 0.2) is 24.3 Å². The average Bonchev–Trinajstić information content (AvgIpc) is 2.40. The van der Waals surface area contributed by atoms with Gasteiger partial charge in [0.05, 0.1) is 6.54 Å². The minimum atomic E-state index is -0.837. The molecule has 5 nitrogen and oxygen atoms in total. The number of amides is 1. The van der Waals surface area contributed by atoms with Gasteiger partial charge in [0.2, 0.25) is 0 Å². The van der Waals surface area contributed by atoms with Gasteiger partial charge < -0.3 is 10.4 Å². The summed E-state index contributed by atoms with van der Waals surface area (Å²) in [5.74, 6) is -1.43. The van der Waals surface area contributed by atoms with Crippen molar-refractivity contribution >= 4 is 11.9 Å². The lowest BCUT2D eigenvalue weighted by Gasteiger charge is -2.42. The van der Waals surface area contributed by atoms with E-state index in [1.165, 1.54) is 24.3 Å². The molecule has 0 bridgehead atoms. The number of carboxylic acids is 1. The van der Waals surface area contributed by atoms with Gasteiger partial charge in [-0.2, -0.15) is 0 Å². The number of aliphatic carboxylic acids is 1. The molecule has 1 fully saturated rings. The third-order valence-corrected chi connectivity index (χ3v) is 3.82. The molecule has 114 valence electrons. The van der Waals surface area contributed by atoms with Crippen LogP contribution in [-0.4, -0.2) is 47.1 Å². The molecule has 1 aromatic carbocycles. The molecule has 0 spiro atoms. The Morgan fingerprint density at radius 1 is 1.33 bits per heavy atom. The number of carboxylic acid groups (broad SMARTS) is 1. The Labute approximate surface area is 122 Å². The van der Waals surface area contributed by atoms with Crippen LogP contribution in [0.5, 0.6) is 0 Å². The molecule has 0 unspecified atom stereocenters. The van der Waals surface area contributed by atoms with E-state index in [0.717, 1.165) is 12.8 Å². The Balaban J connectivity index is 1.80. The molecule has 1 amide bonds. The van der Waals surface area contributed by atoms with Crippen LogP contribution in [0.2, 0.25) is 0 Å². The van der Waals surface area contributed by atoms with Gasteiger partial charge in [-0.3, -0.25) is 14.5 Å². The molecule has 21 heavy (non-hydrogen) atoms. The van der Waals surface area contributed by atoms with E-state index in [0.29, 0.717) is 12.1 Å². The highest BCUT2D eigenvalue weighted by Crippen LogP contribution is 2.25. The Morgan fingerprint density at radius 3 is 2.48 bits per heavy atom. The molecule has 2 rings (SSSR count). The lowest BCUT2D eigenvalue weighted by Crippen LogP contribution is -2.54. The maximum Gasteiger partial charge on any atom is 0.317 e. The zero-order chi connectivity index (χ0) is 15.4. The van der Waals surface area contributed by atoms with Crippen LogP contribution < -0.4 is 5.32 Å². The van der Waals surface area contributed by atoms with Crippen molar-refractivity contribution in [2.24, 2.45) is 0 Å². The smallest absolute Gasteiger partial charge is 0.317 e. The van der Waals surface area contributed by atoms with Gasteiger partial charge in [-0.15, -0.1) is 0 Å². The summed E-state index contributed by atoms with van der Waals surface area (Å²) in [6, 6.07) is 5.65. The van der Waals surface area contributed by atoms with Gasteiger partial charge >= 0.3 is 5.97 Å². The zero-order valence-corrected chi connectivity index (χ0v) is 11.9. The lowest BCUT2D eigenvalue weighted by atomic mass is 9.85. The van der Waals surface area contributed by atoms with Gasteiger partial charge in [-0.1, -0.05) is 6.92 Å². The Kier molecular flexibility index (Phi) is 4.90. The van der Waals surface area contributed by atoms with Gasteiger partial charge in [0, 0.05) is 17.6 Å². The average molecular weight is 294 g/mol. The second kappa shape index (κ2) is 6.67. The molecule has 0 radical (unpaired) electrons. The van der Waals surface area contributed by atoms with Crippen molar-refractivity contribution in [1.82, 2.24) is 10.2 Å². The maximum absolute atomic E-state index is 12.8. The van der Waals surface area contributed by atoms with E-state index in [-0.39, 0.29) is 30.4 Å². The molecular formula is C15H19FN2O3. The summed E-state index contributed by atoms with van der Waals surface area (Å²) < 4.78 is 12.8. The number of rotatable bonds is 6. The number of nitrogens with zero attached hydrogens (tertiary/aromatic N) is 1. The van der Waals surface area contributed by atoms with Crippen molar-refractivity contribution in [3.63, 3.8) is 0 Å². The predicted molar refractivity (Wildman–Crippen MR) is 75.6 cm³/mol. The fraction of sp³-hybridized carbons (Fsp3) is 0.467. The summed E-state index contributed by atoms with van der Waals surface area (Å²) >= 11 is 0. The number of likely N-dealkylation sites (N-methyl/N-ethyl adjacent to an activating group) is 1. The van der Waals surface area contributed by atoms with Crippen LogP contribution in [0.3, 0.4) is 0 Å². The van der Waals surface area contributed by atoms with E-state index in [1.807, 2.05) is 11.8 Å². The number of hydrogen-bond acceptors (Lipinski definition) is 3. The number of carbonyl (C=O) groups excluding carboxylic acids is 1. The minimum Gasteiger partial charge on any atom is -0.480 e. The molecular weight excluding hydrogens is 275 g/mol. The summed E-state index contributed by atoms with van der Waals surface area (Å²) in [5.41, 5.74) is 0.428. The largest absolute Gasteiger partial charge is 0.480 e. The Hall–Kier alpha value is -1.95. The molecule has 0 aromatic heterocycles. The van der Waals surface area contributed by atoms with Crippen LogP contribution in [-0.2, 0) is 4.79 Å². The summed E-state index contributed by atoms with van der Waals surface area (Å²) in [6.45, 7) is 2.63. The quantitative estimate of drug-likeness (QED) is 0.834. The van der Waals surface area contributed by atoms with E-state index in [1.54, 1.807) is 0 Å². The molecule has 1 saturated carbocycles. The molecule has 1 aromatic rings. The van der Waals surface area contributed by atoms with Gasteiger partial charge in [0.1, 0.15) is 5.82 Å². The van der Waals surface area contributed by atoms with E-state index in [2.05, 4.69) is 5.32 Å². The number of halogens is 1. The third kappa shape index (κ3) is 4.01. The Morgan fingerprint density at radius 2 is 1.95 bits per heavy atom. The van der Waals surface area contributed by atoms with Gasteiger partial charge in [-0.25, -0.2) is 4.39 Å². The first kappa shape index (κ1) is 15.4. The van der Waals surface area contributed by atoms with Crippen LogP contribution in [0.1, 0.15) is 30.1 Å².